The quantitative estimate of drug-likeness (QED) is 0.796. The summed E-state index contributed by atoms with van der Waals surface area (Å²) in [6.45, 7) is 0.168. The van der Waals surface area contributed by atoms with Gasteiger partial charge in [-0.2, -0.15) is 0 Å². The predicted molar refractivity (Wildman–Crippen MR) is 93.0 cm³/mol. The number of hydrogen-bond donors (Lipinski definition) is 2. The van der Waals surface area contributed by atoms with Crippen molar-refractivity contribution in [1.29, 1.82) is 0 Å². The summed E-state index contributed by atoms with van der Waals surface area (Å²) in [6, 6.07) is 3.18. The van der Waals surface area contributed by atoms with E-state index < -0.39 is 5.91 Å². The van der Waals surface area contributed by atoms with E-state index in [1.54, 1.807) is 12.1 Å². The van der Waals surface area contributed by atoms with Crippen LogP contribution in [0, 0.1) is 0 Å². The maximum absolute atomic E-state index is 11.1. The van der Waals surface area contributed by atoms with E-state index in [1.165, 1.54) is 4.68 Å². The molecule has 0 radical (unpaired) electrons. The molecule has 0 fully saturated rings. The number of anilines is 1. The van der Waals surface area contributed by atoms with Crippen LogP contribution in [0.15, 0.2) is 16.6 Å². The zero-order valence-corrected chi connectivity index (χ0v) is 14.9. The molecule has 1 amide bonds. The van der Waals surface area contributed by atoms with Crippen molar-refractivity contribution >= 4 is 74.8 Å². The maximum atomic E-state index is 11.1. The van der Waals surface area contributed by atoms with E-state index in [0.29, 0.717) is 11.1 Å². The van der Waals surface area contributed by atoms with Crippen LogP contribution in [0.3, 0.4) is 0 Å². The maximum Gasteiger partial charge on any atom is 0.273 e. The number of nitrogen functional groups attached to an aromatic ring is 1. The van der Waals surface area contributed by atoms with Crippen LogP contribution in [0.4, 0.5) is 5.82 Å². The van der Waals surface area contributed by atoms with Crippen LogP contribution in [0.2, 0.25) is 10.0 Å². The van der Waals surface area contributed by atoms with Crippen LogP contribution >= 0.6 is 58.0 Å². The summed E-state index contributed by atoms with van der Waals surface area (Å²) in [5.74, 6) is -0.732. The first-order valence-corrected chi connectivity index (χ1v) is 7.79. The van der Waals surface area contributed by atoms with Crippen molar-refractivity contribution in [3.63, 3.8) is 0 Å². The molecule has 0 aliphatic rings. The Balaban J connectivity index is 2.40. The molecule has 0 unspecified atom stereocenters. The van der Waals surface area contributed by atoms with Gasteiger partial charge in [-0.15, -0.1) is 5.10 Å². The van der Waals surface area contributed by atoms with Crippen molar-refractivity contribution in [1.82, 2.24) is 15.0 Å². The van der Waals surface area contributed by atoms with Gasteiger partial charge in [-0.25, -0.2) is 4.68 Å². The van der Waals surface area contributed by atoms with Crippen molar-refractivity contribution in [2.45, 2.75) is 6.54 Å². The summed E-state index contributed by atoms with van der Waals surface area (Å²) in [6.07, 6.45) is 0. The minimum absolute atomic E-state index is 0.0335. The summed E-state index contributed by atoms with van der Waals surface area (Å²) in [5, 5.41) is 7.88. The van der Waals surface area contributed by atoms with E-state index in [9.17, 15) is 4.79 Å². The van der Waals surface area contributed by atoms with Gasteiger partial charge in [0, 0.05) is 5.56 Å². The normalized spacial score (nSPS) is 10.7. The summed E-state index contributed by atoms with van der Waals surface area (Å²) in [5.41, 5.74) is 11.7. The molecule has 4 N–H and O–H groups in total. The number of rotatable bonds is 4. The number of amides is 1. The summed E-state index contributed by atoms with van der Waals surface area (Å²) in [7, 11) is 0. The molecule has 0 spiro atoms. The van der Waals surface area contributed by atoms with Gasteiger partial charge < -0.3 is 11.5 Å². The van der Waals surface area contributed by atoms with Crippen LogP contribution in [-0.4, -0.2) is 20.9 Å². The Labute approximate surface area is 155 Å². The SMILES string of the molecule is NC(=O)c1nnn(Cc2cc(Cl)c(C(Cl)=C(Cl)Cl)c(Cl)c2)c1N. The van der Waals surface area contributed by atoms with Crippen LogP contribution in [0.5, 0.6) is 0 Å². The molecule has 1 heterocycles. The Kier molecular flexibility index (Phi) is 5.65. The molecule has 0 aliphatic heterocycles. The first-order chi connectivity index (χ1) is 10.7. The zero-order chi connectivity index (χ0) is 17.3. The second kappa shape index (κ2) is 7.15. The van der Waals surface area contributed by atoms with E-state index in [0.717, 1.165) is 0 Å². The van der Waals surface area contributed by atoms with Gasteiger partial charge in [0.25, 0.3) is 5.91 Å². The first kappa shape index (κ1) is 18.2. The molecular formula is C12H8Cl5N5O. The van der Waals surface area contributed by atoms with Gasteiger partial charge in [-0.05, 0) is 17.7 Å². The van der Waals surface area contributed by atoms with E-state index in [4.69, 9.17) is 69.5 Å². The third kappa shape index (κ3) is 3.84. The molecular weight excluding hydrogens is 407 g/mol. The number of benzene rings is 1. The van der Waals surface area contributed by atoms with Crippen LogP contribution < -0.4 is 11.5 Å². The Morgan fingerprint density at radius 3 is 2.17 bits per heavy atom. The van der Waals surface area contributed by atoms with Crippen molar-refractivity contribution in [2.75, 3.05) is 5.73 Å². The molecule has 0 saturated heterocycles. The highest BCUT2D eigenvalue weighted by molar-refractivity contribution is 6.67. The molecule has 23 heavy (non-hydrogen) atoms. The highest BCUT2D eigenvalue weighted by Gasteiger charge is 2.17. The second-order valence-corrected chi connectivity index (χ2v) is 6.50. The Bertz CT molecular complexity index is 789. The fourth-order valence-corrected chi connectivity index (χ4v) is 3.02. The predicted octanol–water partition coefficient (Wildman–Crippen LogP) is 3.66. The molecule has 0 atom stereocenters. The van der Waals surface area contributed by atoms with E-state index >= 15 is 0 Å². The third-order valence-corrected chi connectivity index (χ3v) is 4.37. The van der Waals surface area contributed by atoms with Crippen molar-refractivity contribution in [3.05, 3.63) is 43.5 Å². The molecule has 2 aromatic rings. The van der Waals surface area contributed by atoms with Crippen LogP contribution in [0.25, 0.3) is 5.03 Å². The second-order valence-electron chi connectivity index (χ2n) is 4.35. The molecule has 0 aliphatic carbocycles. The topological polar surface area (TPSA) is 99.8 Å². The molecule has 0 bridgehead atoms. The van der Waals surface area contributed by atoms with Crippen LogP contribution in [-0.2, 0) is 6.54 Å². The average molecular weight is 415 g/mol. The number of primary amides is 1. The molecule has 1 aromatic carbocycles. The minimum atomic E-state index is -0.770. The van der Waals surface area contributed by atoms with Crippen molar-refractivity contribution in [3.8, 4) is 0 Å². The van der Waals surface area contributed by atoms with Gasteiger partial charge in [0.2, 0.25) is 0 Å². The van der Waals surface area contributed by atoms with E-state index in [2.05, 4.69) is 10.3 Å². The smallest absolute Gasteiger partial charge is 0.273 e. The third-order valence-electron chi connectivity index (χ3n) is 2.83. The van der Waals surface area contributed by atoms with Gasteiger partial charge in [-0.1, -0.05) is 63.2 Å². The Morgan fingerprint density at radius 2 is 1.74 bits per heavy atom. The fourth-order valence-electron chi connectivity index (χ4n) is 1.81. The molecule has 2 rings (SSSR count). The summed E-state index contributed by atoms with van der Waals surface area (Å²) < 4.78 is 1.13. The molecule has 6 nitrogen and oxygen atoms in total. The number of halogens is 5. The van der Waals surface area contributed by atoms with E-state index in [-0.39, 0.29) is 37.6 Å². The first-order valence-electron chi connectivity index (χ1n) is 5.90. The lowest BCUT2D eigenvalue weighted by molar-refractivity contribution is 0.0996. The number of carbonyl (C=O) groups is 1. The summed E-state index contributed by atoms with van der Waals surface area (Å²) >= 11 is 29.6. The molecule has 1 aromatic heterocycles. The van der Waals surface area contributed by atoms with Crippen LogP contribution in [0.1, 0.15) is 21.6 Å². The highest BCUT2D eigenvalue weighted by atomic mass is 35.5. The fraction of sp³-hybridized carbons (Fsp3) is 0.0833. The van der Waals surface area contributed by atoms with Gasteiger partial charge in [0.05, 0.1) is 21.6 Å². The monoisotopic (exact) mass is 413 g/mol. The lowest BCUT2D eigenvalue weighted by Gasteiger charge is -2.10. The molecule has 122 valence electrons. The Hall–Kier alpha value is -1.18. The number of hydrogen-bond acceptors (Lipinski definition) is 4. The highest BCUT2D eigenvalue weighted by Crippen LogP contribution is 2.38. The Morgan fingerprint density at radius 1 is 1.17 bits per heavy atom. The number of aromatic nitrogens is 3. The van der Waals surface area contributed by atoms with Gasteiger partial charge in [0.15, 0.2) is 11.5 Å². The minimum Gasteiger partial charge on any atom is -0.382 e. The molecule has 11 heteroatoms. The average Bonchev–Trinajstić information content (AvgIpc) is 2.79. The molecule has 0 saturated carbocycles. The summed E-state index contributed by atoms with van der Waals surface area (Å²) in [4.78, 5) is 11.1. The lowest BCUT2D eigenvalue weighted by Crippen LogP contribution is -2.15. The lowest BCUT2D eigenvalue weighted by atomic mass is 10.1. The zero-order valence-electron chi connectivity index (χ0n) is 11.2. The van der Waals surface area contributed by atoms with Crippen molar-refractivity contribution < 1.29 is 4.79 Å². The number of nitrogens with zero attached hydrogens (tertiary/aromatic N) is 3. The van der Waals surface area contributed by atoms with E-state index in [1.807, 2.05) is 0 Å². The largest absolute Gasteiger partial charge is 0.382 e. The number of nitrogens with two attached hydrogens (primary N) is 2. The standard InChI is InChI=1S/C12H8Cl5N5O/c13-5-1-4(2-6(14)7(5)8(15)10(16)17)3-22-11(18)9(12(19)23)20-21-22/h1-2H,3,18H2,(H2,19,23). The number of carbonyl (C=O) groups excluding carboxylic acids is 1. The van der Waals surface area contributed by atoms with Gasteiger partial charge in [0.1, 0.15) is 4.49 Å². The van der Waals surface area contributed by atoms with Gasteiger partial charge >= 0.3 is 0 Å². The van der Waals surface area contributed by atoms with Crippen molar-refractivity contribution in [2.24, 2.45) is 5.73 Å². The van der Waals surface area contributed by atoms with Gasteiger partial charge in [-0.3, -0.25) is 4.79 Å².